The van der Waals surface area contributed by atoms with Crippen molar-refractivity contribution in [3.8, 4) is 11.8 Å². The van der Waals surface area contributed by atoms with Crippen LogP contribution in [0.1, 0.15) is 11.3 Å². The molecule has 0 bridgehead atoms. The van der Waals surface area contributed by atoms with Gasteiger partial charge in [0.1, 0.15) is 6.07 Å². The summed E-state index contributed by atoms with van der Waals surface area (Å²) < 4.78 is 5.51. The minimum Gasteiger partial charge on any atom is -0.490 e. The average Bonchev–Trinajstić information content (AvgIpc) is 2.40. The molecule has 0 fully saturated rings. The molecule has 0 atom stereocenters. The molecule has 0 unspecified atom stereocenters. The number of pyridine rings is 2. The lowest BCUT2D eigenvalue weighted by molar-refractivity contribution is 0.318. The summed E-state index contributed by atoms with van der Waals surface area (Å²) in [6.07, 6.45) is 5.59. The van der Waals surface area contributed by atoms with Gasteiger partial charge in [-0.2, -0.15) is 5.26 Å². The maximum absolute atomic E-state index is 8.86. The fourth-order valence-corrected chi connectivity index (χ4v) is 1.40. The van der Waals surface area contributed by atoms with Crippen molar-refractivity contribution < 1.29 is 4.74 Å². The third-order valence-corrected chi connectivity index (χ3v) is 2.25. The Morgan fingerprint density at radius 3 is 2.94 bits per heavy atom. The Morgan fingerprint density at radius 2 is 2.18 bits per heavy atom. The zero-order valence-corrected chi connectivity index (χ0v) is 9.21. The molecule has 0 aliphatic carbocycles. The summed E-state index contributed by atoms with van der Waals surface area (Å²) in [6, 6.07) is 9.45. The Morgan fingerprint density at radius 1 is 1.24 bits per heavy atom. The van der Waals surface area contributed by atoms with Crippen LogP contribution in [0.4, 0.5) is 0 Å². The molecular formula is C13H11N3O. The summed E-state index contributed by atoms with van der Waals surface area (Å²) in [5, 5.41) is 8.86. The summed E-state index contributed by atoms with van der Waals surface area (Å²) in [5.74, 6) is 0.519. The van der Waals surface area contributed by atoms with Gasteiger partial charge in [-0.05, 0) is 18.2 Å². The summed E-state index contributed by atoms with van der Waals surface area (Å²) in [4.78, 5) is 8.12. The van der Waals surface area contributed by atoms with Crippen LogP contribution in [0.25, 0.3) is 0 Å². The van der Waals surface area contributed by atoms with Gasteiger partial charge in [-0.25, -0.2) is 0 Å². The molecule has 0 N–H and O–H groups in total. The first-order valence-electron chi connectivity index (χ1n) is 5.27. The van der Waals surface area contributed by atoms with Crippen molar-refractivity contribution in [2.75, 3.05) is 6.61 Å². The number of nitrogens with zero attached hydrogens (tertiary/aromatic N) is 3. The Balaban J connectivity index is 1.93. The molecular weight excluding hydrogens is 214 g/mol. The topological polar surface area (TPSA) is 58.8 Å². The molecule has 17 heavy (non-hydrogen) atoms. The first-order chi connectivity index (χ1) is 8.40. The van der Waals surface area contributed by atoms with Crippen molar-refractivity contribution in [1.29, 1.82) is 5.26 Å². The molecule has 2 rings (SSSR count). The second kappa shape index (κ2) is 5.61. The van der Waals surface area contributed by atoms with Crippen LogP contribution in [-0.2, 0) is 6.42 Å². The summed E-state index contributed by atoms with van der Waals surface area (Å²) in [6.45, 7) is 0.484. The zero-order valence-electron chi connectivity index (χ0n) is 9.21. The van der Waals surface area contributed by atoms with Crippen molar-refractivity contribution in [3.63, 3.8) is 0 Å². The third kappa shape index (κ3) is 3.02. The fourth-order valence-electron chi connectivity index (χ4n) is 1.40. The zero-order chi connectivity index (χ0) is 11.9. The lowest BCUT2D eigenvalue weighted by atomic mass is 10.2. The Labute approximate surface area is 99.5 Å². The predicted molar refractivity (Wildman–Crippen MR) is 62.4 cm³/mol. The second-order valence-electron chi connectivity index (χ2n) is 3.40. The predicted octanol–water partition coefficient (Wildman–Crippen LogP) is 1.97. The maximum Gasteiger partial charge on any atom is 0.155 e. The molecule has 0 radical (unpaired) electrons. The van der Waals surface area contributed by atoms with E-state index in [0.717, 1.165) is 5.69 Å². The van der Waals surface area contributed by atoms with E-state index in [1.807, 2.05) is 18.2 Å². The van der Waals surface area contributed by atoms with Crippen molar-refractivity contribution in [2.24, 2.45) is 0 Å². The molecule has 0 spiro atoms. The van der Waals surface area contributed by atoms with E-state index in [4.69, 9.17) is 10.00 Å². The summed E-state index contributed by atoms with van der Waals surface area (Å²) in [7, 11) is 0. The van der Waals surface area contributed by atoms with Crippen molar-refractivity contribution in [2.45, 2.75) is 6.42 Å². The van der Waals surface area contributed by atoms with Gasteiger partial charge in [0.05, 0.1) is 18.4 Å². The van der Waals surface area contributed by atoms with Gasteiger partial charge in [-0.15, -0.1) is 0 Å². The molecule has 2 aromatic rings. The maximum atomic E-state index is 8.86. The van der Waals surface area contributed by atoms with Gasteiger partial charge in [-0.1, -0.05) is 6.07 Å². The first-order valence-corrected chi connectivity index (χ1v) is 5.27. The van der Waals surface area contributed by atoms with Gasteiger partial charge in [0, 0.05) is 24.5 Å². The number of nitriles is 1. The molecule has 0 amide bonds. The number of hydrogen-bond acceptors (Lipinski definition) is 4. The largest absolute Gasteiger partial charge is 0.490 e. The summed E-state index contributed by atoms with van der Waals surface area (Å²) >= 11 is 0. The molecule has 0 aromatic carbocycles. The van der Waals surface area contributed by atoms with E-state index in [1.165, 1.54) is 0 Å². The minimum atomic E-state index is 0.484. The molecule has 2 aromatic heterocycles. The normalized spacial score (nSPS) is 9.59. The Hall–Kier alpha value is -2.41. The van der Waals surface area contributed by atoms with Crippen LogP contribution >= 0.6 is 0 Å². The Bertz CT molecular complexity index is 520. The monoisotopic (exact) mass is 225 g/mol. The molecule has 0 aliphatic rings. The average molecular weight is 225 g/mol. The molecule has 4 heteroatoms. The SMILES string of the molecule is N#Cc1ccncc1OCCc1ccccn1. The molecule has 0 aliphatic heterocycles. The van der Waals surface area contributed by atoms with E-state index in [9.17, 15) is 0 Å². The van der Waals surface area contributed by atoms with Crippen LogP contribution in [0.5, 0.6) is 5.75 Å². The van der Waals surface area contributed by atoms with Gasteiger partial charge < -0.3 is 4.74 Å². The Kier molecular flexibility index (Phi) is 3.66. The highest BCUT2D eigenvalue weighted by Gasteiger charge is 2.02. The highest BCUT2D eigenvalue weighted by atomic mass is 16.5. The van der Waals surface area contributed by atoms with Crippen LogP contribution < -0.4 is 4.74 Å². The second-order valence-corrected chi connectivity index (χ2v) is 3.40. The fraction of sp³-hybridized carbons (Fsp3) is 0.154. The van der Waals surface area contributed by atoms with Gasteiger partial charge in [0.25, 0.3) is 0 Å². The smallest absolute Gasteiger partial charge is 0.155 e. The third-order valence-electron chi connectivity index (χ3n) is 2.25. The lowest BCUT2D eigenvalue weighted by Crippen LogP contribution is -2.04. The standard InChI is InChI=1S/C13H11N3O/c14-9-11-4-7-15-10-13(11)17-8-5-12-3-1-2-6-16-12/h1-4,6-7,10H,5,8H2. The van der Waals surface area contributed by atoms with Crippen LogP contribution in [0.3, 0.4) is 0 Å². The molecule has 0 saturated heterocycles. The van der Waals surface area contributed by atoms with E-state index in [-0.39, 0.29) is 0 Å². The van der Waals surface area contributed by atoms with Crippen molar-refractivity contribution in [3.05, 3.63) is 54.1 Å². The number of aromatic nitrogens is 2. The van der Waals surface area contributed by atoms with Crippen molar-refractivity contribution >= 4 is 0 Å². The number of hydrogen-bond donors (Lipinski definition) is 0. The quantitative estimate of drug-likeness (QED) is 0.798. The van der Waals surface area contributed by atoms with Crippen molar-refractivity contribution in [1.82, 2.24) is 9.97 Å². The van der Waals surface area contributed by atoms with Gasteiger partial charge in [-0.3, -0.25) is 9.97 Å². The molecule has 2 heterocycles. The first kappa shape index (κ1) is 11.1. The number of ether oxygens (including phenoxy) is 1. The van der Waals surface area contributed by atoms with Gasteiger partial charge in [0.2, 0.25) is 0 Å². The van der Waals surface area contributed by atoms with E-state index in [1.54, 1.807) is 24.7 Å². The van der Waals surface area contributed by atoms with E-state index < -0.39 is 0 Å². The van der Waals surface area contributed by atoms with E-state index in [0.29, 0.717) is 24.3 Å². The summed E-state index contributed by atoms with van der Waals surface area (Å²) in [5.41, 5.74) is 1.47. The van der Waals surface area contributed by atoms with E-state index in [2.05, 4.69) is 16.0 Å². The lowest BCUT2D eigenvalue weighted by Gasteiger charge is -2.06. The van der Waals surface area contributed by atoms with Gasteiger partial charge in [0.15, 0.2) is 5.75 Å². The molecule has 84 valence electrons. The highest BCUT2D eigenvalue weighted by Crippen LogP contribution is 2.14. The highest BCUT2D eigenvalue weighted by molar-refractivity contribution is 5.40. The minimum absolute atomic E-state index is 0.484. The van der Waals surface area contributed by atoms with Crippen LogP contribution in [-0.4, -0.2) is 16.6 Å². The van der Waals surface area contributed by atoms with Gasteiger partial charge >= 0.3 is 0 Å². The van der Waals surface area contributed by atoms with E-state index >= 15 is 0 Å². The van der Waals surface area contributed by atoms with Crippen LogP contribution in [0, 0.1) is 11.3 Å². The molecule has 4 nitrogen and oxygen atoms in total. The number of rotatable bonds is 4. The van der Waals surface area contributed by atoms with Crippen LogP contribution in [0.2, 0.25) is 0 Å². The molecule has 0 saturated carbocycles. The van der Waals surface area contributed by atoms with Crippen LogP contribution in [0.15, 0.2) is 42.9 Å².